The molecule has 11 heteroatoms. The van der Waals surface area contributed by atoms with Crippen LogP contribution in [0.5, 0.6) is 0 Å². The number of aromatic nitrogens is 1. The molecule has 10 nitrogen and oxygen atoms in total. The third kappa shape index (κ3) is 7.59. The predicted octanol–water partition coefficient (Wildman–Crippen LogP) is 3.16. The molecule has 2 heterocycles. The van der Waals surface area contributed by atoms with Gasteiger partial charge in [0.2, 0.25) is 0 Å². The highest BCUT2D eigenvalue weighted by Gasteiger charge is 2.29. The molecular formula is C30H37FN4O6. The molecule has 220 valence electrons. The van der Waals surface area contributed by atoms with Crippen LogP contribution in [-0.4, -0.2) is 68.2 Å². The van der Waals surface area contributed by atoms with Crippen molar-refractivity contribution in [2.24, 2.45) is 0 Å². The molecule has 3 aromatic rings. The molecule has 2 N–H and O–H groups in total. The fraction of sp³-hybridized carbons (Fsp3) is 0.500. The minimum atomic E-state index is -0.943. The number of carbonyl (C=O) groups excluding carboxylic acids is 1. The monoisotopic (exact) mass is 568 g/mol. The van der Waals surface area contributed by atoms with Gasteiger partial charge in [-0.3, -0.25) is 9.36 Å². The Morgan fingerprint density at radius 3 is 2.78 bits per heavy atom. The largest absolute Gasteiger partial charge is 0.420 e. The third-order valence-corrected chi connectivity index (χ3v) is 7.29. The van der Waals surface area contributed by atoms with E-state index in [2.05, 4.69) is 17.6 Å². The number of halogens is 1. The van der Waals surface area contributed by atoms with Gasteiger partial charge in [-0.05, 0) is 48.2 Å². The summed E-state index contributed by atoms with van der Waals surface area (Å²) in [4.78, 5) is 25.2. The maximum Gasteiger partial charge on any atom is 0.420 e. The molecule has 0 spiro atoms. The number of hydrogen-bond acceptors (Lipinski definition) is 8. The first-order chi connectivity index (χ1) is 19.8. The summed E-state index contributed by atoms with van der Waals surface area (Å²) >= 11 is 0. The Labute approximate surface area is 238 Å². The van der Waals surface area contributed by atoms with Gasteiger partial charge in [-0.1, -0.05) is 31.5 Å². The second-order valence-corrected chi connectivity index (χ2v) is 10.2. The van der Waals surface area contributed by atoms with E-state index < -0.39 is 29.6 Å². The van der Waals surface area contributed by atoms with Gasteiger partial charge in [-0.15, -0.1) is 0 Å². The zero-order valence-corrected chi connectivity index (χ0v) is 23.7. The van der Waals surface area contributed by atoms with Crippen molar-refractivity contribution in [1.82, 2.24) is 15.2 Å². The zero-order chi connectivity index (χ0) is 29.4. The Morgan fingerprint density at radius 2 is 2.05 bits per heavy atom. The van der Waals surface area contributed by atoms with Crippen LogP contribution in [0, 0.1) is 17.1 Å². The molecule has 1 fully saturated rings. The van der Waals surface area contributed by atoms with Gasteiger partial charge in [0, 0.05) is 32.7 Å². The van der Waals surface area contributed by atoms with Crippen molar-refractivity contribution in [2.45, 2.75) is 63.9 Å². The summed E-state index contributed by atoms with van der Waals surface area (Å²) in [6, 6.07) is 11.1. The normalized spacial score (nSPS) is 19.9. The Bertz CT molecular complexity index is 1430. The summed E-state index contributed by atoms with van der Waals surface area (Å²) in [6.45, 7) is 5.90. The number of rotatable bonds is 12. The zero-order valence-electron chi connectivity index (χ0n) is 23.7. The molecule has 1 aromatic heterocycles. The summed E-state index contributed by atoms with van der Waals surface area (Å²) in [6.07, 6.45) is 0.984. The van der Waals surface area contributed by atoms with Gasteiger partial charge in [-0.2, -0.15) is 5.26 Å². The molecule has 0 saturated carbocycles. The molecule has 2 aromatic carbocycles. The Kier molecular flexibility index (Phi) is 10.7. The highest BCUT2D eigenvalue weighted by molar-refractivity contribution is 5.82. The van der Waals surface area contributed by atoms with E-state index in [1.807, 2.05) is 13.0 Å². The Hall–Kier alpha value is -3.56. The van der Waals surface area contributed by atoms with Crippen LogP contribution in [0.1, 0.15) is 32.3 Å². The number of amides is 1. The van der Waals surface area contributed by atoms with Crippen molar-refractivity contribution in [3.05, 3.63) is 58.3 Å². The van der Waals surface area contributed by atoms with Crippen molar-refractivity contribution in [3.8, 4) is 17.2 Å². The highest BCUT2D eigenvalue weighted by atomic mass is 19.1. The van der Waals surface area contributed by atoms with Gasteiger partial charge in [-0.25, -0.2) is 9.18 Å². The molecule has 4 rings (SSSR count). The highest BCUT2D eigenvalue weighted by Crippen LogP contribution is 2.26. The van der Waals surface area contributed by atoms with Crippen molar-refractivity contribution in [3.63, 3.8) is 0 Å². The molecule has 0 radical (unpaired) electrons. The lowest BCUT2D eigenvalue weighted by atomic mass is 10.00. The Balaban J connectivity index is 1.43. The molecular weight excluding hydrogens is 531 g/mol. The van der Waals surface area contributed by atoms with Gasteiger partial charge in [0.1, 0.15) is 18.0 Å². The number of ether oxygens (including phenoxy) is 3. The molecule has 0 aliphatic carbocycles. The number of oxazole rings is 1. The fourth-order valence-electron chi connectivity index (χ4n) is 4.74. The number of hydrogen-bond donors (Lipinski definition) is 2. The van der Waals surface area contributed by atoms with E-state index in [-0.39, 0.29) is 31.7 Å². The molecule has 1 aliphatic heterocycles. The average molecular weight is 569 g/mol. The van der Waals surface area contributed by atoms with Crippen LogP contribution in [0.3, 0.4) is 0 Å². The summed E-state index contributed by atoms with van der Waals surface area (Å²) < 4.78 is 38.7. The molecule has 4 atom stereocenters. The van der Waals surface area contributed by atoms with E-state index in [1.54, 1.807) is 37.4 Å². The SMILES string of the molecule is CCCCOCCn1c(=O)oc2ccc(-c3ccc(C[C@@H](C#N)NC(=O)[C@@H]4CN[C@H](C)[C@@H](OC)CO4)c(F)c3)cc21. The number of methoxy groups -OCH3 is 1. The fourth-order valence-corrected chi connectivity index (χ4v) is 4.74. The number of nitrogens with one attached hydrogen (secondary N) is 2. The second kappa shape index (κ2) is 14.4. The van der Waals surface area contributed by atoms with E-state index in [1.165, 1.54) is 10.6 Å². The first kappa shape index (κ1) is 30.4. The number of nitriles is 1. The van der Waals surface area contributed by atoms with Crippen LogP contribution in [0.4, 0.5) is 4.39 Å². The van der Waals surface area contributed by atoms with E-state index in [9.17, 15) is 14.9 Å². The van der Waals surface area contributed by atoms with Crippen LogP contribution in [0.2, 0.25) is 0 Å². The van der Waals surface area contributed by atoms with Crippen LogP contribution < -0.4 is 16.4 Å². The lowest BCUT2D eigenvalue weighted by molar-refractivity contribution is -0.133. The van der Waals surface area contributed by atoms with Crippen LogP contribution in [0.15, 0.2) is 45.6 Å². The number of nitrogens with zero attached hydrogens (tertiary/aromatic N) is 2. The molecule has 41 heavy (non-hydrogen) atoms. The molecule has 1 amide bonds. The first-order valence-electron chi connectivity index (χ1n) is 13.9. The van der Waals surface area contributed by atoms with E-state index >= 15 is 4.39 Å². The molecule has 0 bridgehead atoms. The second-order valence-electron chi connectivity index (χ2n) is 10.2. The van der Waals surface area contributed by atoms with Gasteiger partial charge >= 0.3 is 5.76 Å². The topological polar surface area (TPSA) is 128 Å². The van der Waals surface area contributed by atoms with Gasteiger partial charge in [0.05, 0.1) is 37.4 Å². The van der Waals surface area contributed by atoms with Crippen molar-refractivity contribution in [2.75, 3.05) is 33.5 Å². The molecule has 1 aliphatic rings. The number of carbonyl (C=O) groups is 1. The van der Waals surface area contributed by atoms with E-state index in [4.69, 9.17) is 18.6 Å². The van der Waals surface area contributed by atoms with Crippen molar-refractivity contribution < 1.29 is 27.8 Å². The standard InChI is InChI=1S/C30H37FN4O6/c1-4-5-11-39-12-10-35-25-15-21(8-9-26(25)41-30(35)37)20-6-7-22(24(31)14-20)13-23(16-32)34-29(36)27-17-33-19(2)28(38-3)18-40-27/h6-9,14-15,19,23,27-28,33H,4-5,10-13,17-18H2,1-3H3,(H,34,36)/t19-,23+,27+,28+/m1/s1. The lowest BCUT2D eigenvalue weighted by Crippen LogP contribution is -2.46. The maximum atomic E-state index is 15.2. The molecule has 1 saturated heterocycles. The number of fused-ring (bicyclic) bond motifs is 1. The summed E-state index contributed by atoms with van der Waals surface area (Å²) in [5.74, 6) is -1.42. The number of benzene rings is 2. The van der Waals surface area contributed by atoms with Crippen LogP contribution >= 0.6 is 0 Å². The summed E-state index contributed by atoms with van der Waals surface area (Å²) in [5.41, 5.74) is 2.64. The predicted molar refractivity (Wildman–Crippen MR) is 151 cm³/mol. The molecule has 0 unspecified atom stereocenters. The van der Waals surface area contributed by atoms with Gasteiger partial charge in [0.25, 0.3) is 5.91 Å². The van der Waals surface area contributed by atoms with Crippen molar-refractivity contribution >= 4 is 17.0 Å². The van der Waals surface area contributed by atoms with Gasteiger partial charge < -0.3 is 29.3 Å². The third-order valence-electron chi connectivity index (χ3n) is 7.29. The maximum absolute atomic E-state index is 15.2. The van der Waals surface area contributed by atoms with Crippen molar-refractivity contribution in [1.29, 1.82) is 5.26 Å². The van der Waals surface area contributed by atoms with E-state index in [0.29, 0.717) is 47.5 Å². The van der Waals surface area contributed by atoms with Gasteiger partial charge in [0.15, 0.2) is 5.58 Å². The minimum absolute atomic E-state index is 0.00324. The van der Waals surface area contributed by atoms with Crippen LogP contribution in [-0.2, 0) is 32.0 Å². The minimum Gasteiger partial charge on any atom is -0.408 e. The lowest BCUT2D eigenvalue weighted by Gasteiger charge is -2.19. The summed E-state index contributed by atoms with van der Waals surface area (Å²) in [7, 11) is 1.58. The Morgan fingerprint density at radius 1 is 1.27 bits per heavy atom. The van der Waals surface area contributed by atoms with Crippen LogP contribution in [0.25, 0.3) is 22.2 Å². The smallest absolute Gasteiger partial charge is 0.408 e. The average Bonchev–Trinajstić information content (AvgIpc) is 3.15. The van der Waals surface area contributed by atoms with E-state index in [0.717, 1.165) is 12.8 Å². The number of unbranched alkanes of at least 4 members (excludes halogenated alkanes) is 1. The summed E-state index contributed by atoms with van der Waals surface area (Å²) in [5, 5.41) is 15.5. The quantitative estimate of drug-likeness (QED) is 0.319. The first-order valence-corrected chi connectivity index (χ1v) is 13.9.